The molecule has 4 nitrogen and oxygen atoms in total. The fourth-order valence-corrected chi connectivity index (χ4v) is 2.86. The van der Waals surface area contributed by atoms with Gasteiger partial charge in [-0.2, -0.15) is 0 Å². The first kappa shape index (κ1) is 15.8. The van der Waals surface area contributed by atoms with Crippen LogP contribution in [0.4, 0.5) is 0 Å². The van der Waals surface area contributed by atoms with Gasteiger partial charge in [0.2, 0.25) is 5.91 Å². The van der Waals surface area contributed by atoms with E-state index in [1.807, 2.05) is 36.1 Å². The summed E-state index contributed by atoms with van der Waals surface area (Å²) >= 11 is 0. The minimum absolute atomic E-state index is 0.254. The van der Waals surface area contributed by atoms with Crippen LogP contribution in [0.15, 0.2) is 24.3 Å². The third-order valence-electron chi connectivity index (χ3n) is 3.77. The summed E-state index contributed by atoms with van der Waals surface area (Å²) in [4.78, 5) is 14.3. The molecule has 1 amide bonds. The monoisotopic (exact) mass is 290 g/mol. The van der Waals surface area contributed by atoms with Gasteiger partial charge in [-0.15, -0.1) is 0 Å². The zero-order valence-corrected chi connectivity index (χ0v) is 13.3. The largest absolute Gasteiger partial charge is 0.494 e. The van der Waals surface area contributed by atoms with E-state index in [1.54, 1.807) is 0 Å². The van der Waals surface area contributed by atoms with Crippen LogP contribution in [0.25, 0.3) is 0 Å². The summed E-state index contributed by atoms with van der Waals surface area (Å²) in [5, 5.41) is 3.45. The number of amides is 1. The van der Waals surface area contributed by atoms with Gasteiger partial charge in [-0.25, -0.2) is 0 Å². The fraction of sp³-hybridized carbons (Fsp3) is 0.588. The summed E-state index contributed by atoms with van der Waals surface area (Å²) in [6.45, 7) is 8.53. The average molecular weight is 290 g/mol. The Bertz CT molecular complexity index is 448. The molecule has 0 unspecified atom stereocenters. The molecule has 2 rings (SSSR count). The number of benzene rings is 1. The normalized spacial score (nSPS) is 22.1. The quantitative estimate of drug-likeness (QED) is 0.904. The van der Waals surface area contributed by atoms with Crippen molar-refractivity contribution in [1.29, 1.82) is 0 Å². The minimum atomic E-state index is 0.254. The van der Waals surface area contributed by atoms with Crippen LogP contribution in [0.1, 0.15) is 32.8 Å². The third kappa shape index (κ3) is 4.74. The van der Waals surface area contributed by atoms with Crippen molar-refractivity contribution < 1.29 is 9.53 Å². The van der Waals surface area contributed by atoms with E-state index < -0.39 is 0 Å². The molecule has 1 aromatic rings. The summed E-state index contributed by atoms with van der Waals surface area (Å²) < 4.78 is 5.42. The van der Waals surface area contributed by atoms with E-state index in [0.717, 1.165) is 25.3 Å². The molecule has 0 spiro atoms. The Morgan fingerprint density at radius 2 is 1.86 bits per heavy atom. The highest BCUT2D eigenvalue weighted by Gasteiger charge is 2.24. The summed E-state index contributed by atoms with van der Waals surface area (Å²) in [6.07, 6.45) is 1.37. The number of hydrogen-bond acceptors (Lipinski definition) is 3. The highest BCUT2D eigenvalue weighted by Crippen LogP contribution is 2.14. The maximum absolute atomic E-state index is 12.3. The molecule has 21 heavy (non-hydrogen) atoms. The van der Waals surface area contributed by atoms with Crippen molar-refractivity contribution in [3.63, 3.8) is 0 Å². The van der Waals surface area contributed by atoms with E-state index in [-0.39, 0.29) is 5.91 Å². The van der Waals surface area contributed by atoms with Gasteiger partial charge in [0.15, 0.2) is 0 Å². The van der Waals surface area contributed by atoms with Crippen LogP contribution in [-0.2, 0) is 11.2 Å². The number of rotatable bonds is 5. The molecule has 0 radical (unpaired) electrons. The Morgan fingerprint density at radius 3 is 2.43 bits per heavy atom. The van der Waals surface area contributed by atoms with Gasteiger partial charge in [-0.05, 0) is 44.9 Å². The second-order valence-corrected chi connectivity index (χ2v) is 5.84. The van der Waals surface area contributed by atoms with E-state index in [9.17, 15) is 4.79 Å². The number of nitrogens with one attached hydrogen (secondary N) is 1. The summed E-state index contributed by atoms with van der Waals surface area (Å²) in [7, 11) is 0. The molecule has 0 saturated carbocycles. The molecule has 116 valence electrons. The van der Waals surface area contributed by atoms with Gasteiger partial charge in [0.25, 0.3) is 0 Å². The molecule has 0 bridgehead atoms. The molecular formula is C17H26N2O2. The van der Waals surface area contributed by atoms with Crippen molar-refractivity contribution in [2.45, 2.75) is 45.7 Å². The molecule has 1 N–H and O–H groups in total. The maximum Gasteiger partial charge on any atom is 0.223 e. The van der Waals surface area contributed by atoms with Crippen LogP contribution < -0.4 is 10.1 Å². The van der Waals surface area contributed by atoms with Gasteiger partial charge in [0.05, 0.1) is 6.61 Å². The van der Waals surface area contributed by atoms with Gasteiger partial charge in [-0.1, -0.05) is 12.1 Å². The molecule has 1 aliphatic heterocycles. The zero-order valence-electron chi connectivity index (χ0n) is 13.3. The first-order valence-corrected chi connectivity index (χ1v) is 7.84. The molecule has 0 aliphatic carbocycles. The molecule has 1 heterocycles. The lowest BCUT2D eigenvalue weighted by molar-refractivity contribution is -0.132. The lowest BCUT2D eigenvalue weighted by Crippen LogP contribution is -2.55. The molecular weight excluding hydrogens is 264 g/mol. The Kier molecular flexibility index (Phi) is 5.62. The highest BCUT2D eigenvalue weighted by molar-refractivity contribution is 5.76. The van der Waals surface area contributed by atoms with Crippen LogP contribution in [0.3, 0.4) is 0 Å². The molecule has 4 heteroatoms. The van der Waals surface area contributed by atoms with Crippen molar-refractivity contribution in [1.82, 2.24) is 10.2 Å². The minimum Gasteiger partial charge on any atom is -0.494 e. The number of carbonyl (C=O) groups excluding carboxylic acids is 1. The number of piperazine rings is 1. The number of nitrogens with zero attached hydrogens (tertiary/aromatic N) is 1. The van der Waals surface area contributed by atoms with Crippen molar-refractivity contribution in [2.75, 3.05) is 19.7 Å². The van der Waals surface area contributed by atoms with Crippen molar-refractivity contribution in [3.8, 4) is 5.75 Å². The van der Waals surface area contributed by atoms with Gasteiger partial charge in [0.1, 0.15) is 5.75 Å². The fourth-order valence-electron chi connectivity index (χ4n) is 2.86. The van der Waals surface area contributed by atoms with E-state index >= 15 is 0 Å². The first-order valence-electron chi connectivity index (χ1n) is 7.84. The Morgan fingerprint density at radius 1 is 1.24 bits per heavy atom. The lowest BCUT2D eigenvalue weighted by atomic mass is 10.1. The predicted octanol–water partition coefficient (Wildman–Crippen LogP) is 2.23. The van der Waals surface area contributed by atoms with Crippen LogP contribution in [0.2, 0.25) is 0 Å². The van der Waals surface area contributed by atoms with Gasteiger partial charge < -0.3 is 15.0 Å². The summed E-state index contributed by atoms with van der Waals surface area (Å²) in [5.41, 5.74) is 1.18. The molecule has 1 aromatic carbocycles. The van der Waals surface area contributed by atoms with E-state index in [0.29, 0.717) is 25.1 Å². The Hall–Kier alpha value is -1.55. The van der Waals surface area contributed by atoms with Crippen LogP contribution in [0, 0.1) is 0 Å². The standard InChI is InChI=1S/C17H26N2O2/c1-4-21-16-8-5-15(6-9-16)7-10-17(20)19-11-13(2)18-14(3)12-19/h5-6,8-9,13-14,18H,4,7,10-12H2,1-3H3/t13-,14-/m0/s1. The number of carbonyl (C=O) groups is 1. The molecule has 2 atom stereocenters. The van der Waals surface area contributed by atoms with Crippen molar-refractivity contribution in [3.05, 3.63) is 29.8 Å². The van der Waals surface area contributed by atoms with Crippen LogP contribution in [0.5, 0.6) is 5.75 Å². The first-order chi connectivity index (χ1) is 10.1. The molecule has 1 saturated heterocycles. The summed E-state index contributed by atoms with van der Waals surface area (Å²) in [6, 6.07) is 8.78. The number of hydrogen-bond donors (Lipinski definition) is 1. The molecule has 1 fully saturated rings. The van der Waals surface area contributed by atoms with Crippen molar-refractivity contribution in [2.24, 2.45) is 0 Å². The van der Waals surface area contributed by atoms with Crippen LogP contribution >= 0.6 is 0 Å². The predicted molar refractivity (Wildman–Crippen MR) is 84.6 cm³/mol. The Labute approximate surface area is 127 Å². The molecule has 0 aromatic heterocycles. The molecule has 1 aliphatic rings. The van der Waals surface area contributed by atoms with Crippen molar-refractivity contribution >= 4 is 5.91 Å². The lowest BCUT2D eigenvalue weighted by Gasteiger charge is -2.36. The van der Waals surface area contributed by atoms with Crippen LogP contribution in [-0.4, -0.2) is 42.6 Å². The number of aryl methyl sites for hydroxylation is 1. The number of ether oxygens (including phenoxy) is 1. The van der Waals surface area contributed by atoms with E-state index in [1.165, 1.54) is 5.56 Å². The SMILES string of the molecule is CCOc1ccc(CCC(=O)N2C[C@H](C)N[C@@H](C)C2)cc1. The summed E-state index contributed by atoms with van der Waals surface area (Å²) in [5.74, 6) is 1.14. The van der Waals surface area contributed by atoms with Gasteiger partial charge in [-0.3, -0.25) is 4.79 Å². The van der Waals surface area contributed by atoms with E-state index in [4.69, 9.17) is 4.74 Å². The highest BCUT2D eigenvalue weighted by atomic mass is 16.5. The second kappa shape index (κ2) is 7.46. The Balaban J connectivity index is 1.83. The maximum atomic E-state index is 12.3. The van der Waals surface area contributed by atoms with Gasteiger partial charge in [0, 0.05) is 31.6 Å². The second-order valence-electron chi connectivity index (χ2n) is 5.84. The average Bonchev–Trinajstić information content (AvgIpc) is 2.45. The zero-order chi connectivity index (χ0) is 15.2. The topological polar surface area (TPSA) is 41.6 Å². The smallest absolute Gasteiger partial charge is 0.223 e. The van der Waals surface area contributed by atoms with Gasteiger partial charge >= 0.3 is 0 Å². The third-order valence-corrected chi connectivity index (χ3v) is 3.77. The van der Waals surface area contributed by atoms with E-state index in [2.05, 4.69) is 19.2 Å².